The molecule has 0 bridgehead atoms. The van der Waals surface area contributed by atoms with Crippen molar-refractivity contribution in [2.45, 2.75) is 36.6 Å². The van der Waals surface area contributed by atoms with Crippen molar-refractivity contribution in [3.8, 4) is 6.07 Å². The molecule has 0 aliphatic carbocycles. The van der Waals surface area contributed by atoms with Gasteiger partial charge in [0.15, 0.2) is 0 Å². The van der Waals surface area contributed by atoms with Crippen molar-refractivity contribution in [1.29, 1.82) is 5.26 Å². The van der Waals surface area contributed by atoms with Gasteiger partial charge in [0.25, 0.3) is 0 Å². The van der Waals surface area contributed by atoms with Gasteiger partial charge in [-0.1, -0.05) is 61.1 Å². The van der Waals surface area contributed by atoms with Gasteiger partial charge in [-0.05, 0) is 42.7 Å². The van der Waals surface area contributed by atoms with Crippen LogP contribution in [0.3, 0.4) is 0 Å². The van der Waals surface area contributed by atoms with E-state index in [0.717, 1.165) is 12.1 Å². The molecule has 0 saturated carbocycles. The minimum atomic E-state index is -4.57. The minimum Gasteiger partial charge on any atom is -0.264 e. The number of halogens is 3. The van der Waals surface area contributed by atoms with Crippen LogP contribution in [0.15, 0.2) is 70.8 Å². The number of rotatable bonds is 8. The lowest BCUT2D eigenvalue weighted by Gasteiger charge is -2.11. The first-order valence-electron chi connectivity index (χ1n) is 9.29. The maximum absolute atomic E-state index is 12.6. The molecule has 1 heterocycles. The molecule has 0 fully saturated rings. The molecular weight excluding hydrogens is 449 g/mol. The van der Waals surface area contributed by atoms with E-state index in [1.165, 1.54) is 11.8 Å². The Labute approximate surface area is 184 Å². The standard InChI is InChI=1S/C21H21F3N2O3S2/c1-15(2)6-4-3-5-7-16(14-25)19-12-13-20(30-19)26-29-31(27,28)18-10-8-17(9-11-18)21(22,23)24/h3-6,8-13,15-16,19H,7H2,1-2H3/b5-3-,6-4-,26-20?/t16-,19?/m1/s1. The van der Waals surface area contributed by atoms with Crippen LogP contribution < -0.4 is 0 Å². The minimum absolute atomic E-state index is 0.222. The molecule has 2 atom stereocenters. The van der Waals surface area contributed by atoms with Crippen LogP contribution in [-0.2, 0) is 20.6 Å². The predicted octanol–water partition coefficient (Wildman–Crippen LogP) is 5.69. The molecule has 0 amide bonds. The van der Waals surface area contributed by atoms with Crippen molar-refractivity contribution < 1.29 is 25.9 Å². The van der Waals surface area contributed by atoms with Crippen molar-refractivity contribution in [3.63, 3.8) is 0 Å². The van der Waals surface area contributed by atoms with Crippen LogP contribution in [0.25, 0.3) is 0 Å². The van der Waals surface area contributed by atoms with Crippen molar-refractivity contribution in [2.24, 2.45) is 17.0 Å². The first-order valence-corrected chi connectivity index (χ1v) is 11.6. The van der Waals surface area contributed by atoms with E-state index in [1.807, 2.05) is 24.3 Å². The molecule has 31 heavy (non-hydrogen) atoms. The SMILES string of the molecule is CC(C)/C=C\C=C/C[C@H](C#N)C1C=CC(=NOS(=O)(=O)c2ccc(C(F)(F)F)cc2)S1. The van der Waals surface area contributed by atoms with Gasteiger partial charge in [-0.25, -0.2) is 0 Å². The fraction of sp³-hybridized carbons (Fsp3) is 0.333. The quantitative estimate of drug-likeness (QED) is 0.360. The van der Waals surface area contributed by atoms with Crippen LogP contribution in [0.4, 0.5) is 13.2 Å². The van der Waals surface area contributed by atoms with Crippen molar-refractivity contribution in [3.05, 3.63) is 66.3 Å². The lowest BCUT2D eigenvalue weighted by Crippen LogP contribution is -2.11. The second-order valence-electron chi connectivity index (χ2n) is 6.95. The third kappa shape index (κ3) is 7.60. The van der Waals surface area contributed by atoms with Gasteiger partial charge in [0, 0.05) is 5.25 Å². The van der Waals surface area contributed by atoms with Gasteiger partial charge >= 0.3 is 16.3 Å². The Morgan fingerprint density at radius 2 is 1.94 bits per heavy atom. The fourth-order valence-electron chi connectivity index (χ4n) is 2.45. The van der Waals surface area contributed by atoms with Crippen molar-refractivity contribution >= 4 is 26.9 Å². The summed E-state index contributed by atoms with van der Waals surface area (Å²) in [7, 11) is -4.37. The molecule has 1 aliphatic rings. The summed E-state index contributed by atoms with van der Waals surface area (Å²) in [6.07, 6.45) is 6.95. The summed E-state index contributed by atoms with van der Waals surface area (Å²) in [5.74, 6) is 0.0894. The highest BCUT2D eigenvalue weighted by Crippen LogP contribution is 2.32. The van der Waals surface area contributed by atoms with E-state index < -0.39 is 26.8 Å². The molecular formula is C21H21F3N2O3S2. The molecule has 0 saturated heterocycles. The average Bonchev–Trinajstić information content (AvgIpc) is 3.17. The largest absolute Gasteiger partial charge is 0.416 e. The number of benzene rings is 1. The molecule has 0 radical (unpaired) electrons. The van der Waals surface area contributed by atoms with Crippen LogP contribution in [0, 0.1) is 23.2 Å². The van der Waals surface area contributed by atoms with E-state index >= 15 is 0 Å². The number of oxime groups is 1. The number of allylic oxidation sites excluding steroid dienone is 4. The van der Waals surface area contributed by atoms with E-state index in [9.17, 15) is 26.9 Å². The molecule has 1 aromatic rings. The zero-order valence-corrected chi connectivity index (χ0v) is 18.4. The highest BCUT2D eigenvalue weighted by atomic mass is 32.2. The molecule has 0 N–H and O–H groups in total. The lowest BCUT2D eigenvalue weighted by molar-refractivity contribution is -0.137. The average molecular weight is 471 g/mol. The molecule has 1 unspecified atom stereocenters. The summed E-state index contributed by atoms with van der Waals surface area (Å²) < 4.78 is 66.8. The van der Waals surface area contributed by atoms with E-state index in [2.05, 4.69) is 29.4 Å². The van der Waals surface area contributed by atoms with Crippen LogP contribution in [0.2, 0.25) is 0 Å². The normalized spacial score (nSPS) is 19.5. The predicted molar refractivity (Wildman–Crippen MR) is 115 cm³/mol. The van der Waals surface area contributed by atoms with Crippen LogP contribution >= 0.6 is 11.8 Å². The van der Waals surface area contributed by atoms with Crippen molar-refractivity contribution in [1.82, 2.24) is 0 Å². The summed E-state index contributed by atoms with van der Waals surface area (Å²) >= 11 is 1.18. The first kappa shape index (κ1) is 24.8. The van der Waals surface area contributed by atoms with Gasteiger partial charge in [-0.2, -0.15) is 26.9 Å². The monoisotopic (exact) mass is 470 g/mol. The number of nitrogens with zero attached hydrogens (tertiary/aromatic N) is 2. The summed E-state index contributed by atoms with van der Waals surface area (Å²) in [5, 5.41) is 13.0. The second kappa shape index (κ2) is 10.7. The molecule has 1 aliphatic heterocycles. The summed E-state index contributed by atoms with van der Waals surface area (Å²) in [6.45, 7) is 4.12. The third-order valence-electron chi connectivity index (χ3n) is 4.08. The van der Waals surface area contributed by atoms with E-state index in [4.69, 9.17) is 0 Å². The Bertz CT molecular complexity index is 1020. The fourth-order valence-corrected chi connectivity index (χ4v) is 4.24. The lowest BCUT2D eigenvalue weighted by atomic mass is 10.0. The van der Waals surface area contributed by atoms with Crippen molar-refractivity contribution in [2.75, 3.05) is 0 Å². The maximum atomic E-state index is 12.6. The molecule has 10 heteroatoms. The van der Waals surface area contributed by atoms with Crippen LogP contribution in [0.5, 0.6) is 0 Å². The summed E-state index contributed by atoms with van der Waals surface area (Å²) in [5.41, 5.74) is -0.967. The van der Waals surface area contributed by atoms with Gasteiger partial charge < -0.3 is 0 Å². The topological polar surface area (TPSA) is 79.5 Å². The highest BCUT2D eigenvalue weighted by molar-refractivity contribution is 8.15. The van der Waals surface area contributed by atoms with Gasteiger partial charge in [0.05, 0.1) is 17.6 Å². The first-order chi connectivity index (χ1) is 14.5. The third-order valence-corrected chi connectivity index (χ3v) is 6.41. The summed E-state index contributed by atoms with van der Waals surface area (Å²) in [4.78, 5) is -0.442. The van der Waals surface area contributed by atoms with E-state index in [1.54, 1.807) is 12.2 Å². The Hall–Kier alpha value is -2.51. The summed E-state index contributed by atoms with van der Waals surface area (Å²) in [6, 6.07) is 5.16. The van der Waals surface area contributed by atoms with E-state index in [0.29, 0.717) is 24.5 Å². The number of nitriles is 1. The number of hydrogen-bond acceptors (Lipinski definition) is 6. The van der Waals surface area contributed by atoms with Gasteiger partial charge in [-0.3, -0.25) is 4.28 Å². The molecule has 1 aromatic carbocycles. The van der Waals surface area contributed by atoms with Gasteiger partial charge in [-0.15, -0.1) is 0 Å². The molecule has 0 aromatic heterocycles. The van der Waals surface area contributed by atoms with E-state index in [-0.39, 0.29) is 16.2 Å². The van der Waals surface area contributed by atoms with Gasteiger partial charge in [0.2, 0.25) is 0 Å². The zero-order valence-electron chi connectivity index (χ0n) is 16.8. The Balaban J connectivity index is 1.97. The van der Waals surface area contributed by atoms with Gasteiger partial charge in [0.1, 0.15) is 9.94 Å². The number of hydrogen-bond donors (Lipinski definition) is 0. The Kier molecular flexibility index (Phi) is 8.53. The van der Waals surface area contributed by atoms with Crippen LogP contribution in [0.1, 0.15) is 25.8 Å². The molecule has 5 nitrogen and oxygen atoms in total. The highest BCUT2D eigenvalue weighted by Gasteiger charge is 2.31. The number of alkyl halides is 3. The Morgan fingerprint density at radius 1 is 1.26 bits per heavy atom. The second-order valence-corrected chi connectivity index (χ2v) is 9.68. The molecule has 166 valence electrons. The molecule has 2 rings (SSSR count). The number of thioether (sulfide) groups is 1. The van der Waals surface area contributed by atoms with Crippen LogP contribution in [-0.4, -0.2) is 18.7 Å². The maximum Gasteiger partial charge on any atom is 0.416 e. The molecule has 0 spiro atoms. The smallest absolute Gasteiger partial charge is 0.264 e. The zero-order chi connectivity index (χ0) is 23.1. The Morgan fingerprint density at radius 3 is 2.52 bits per heavy atom.